The third kappa shape index (κ3) is 5.10. The Labute approximate surface area is 198 Å². The number of ketones is 1. The number of halogens is 2. The van der Waals surface area contributed by atoms with E-state index >= 15 is 0 Å². The molecule has 5 nitrogen and oxygen atoms in total. The highest BCUT2D eigenvalue weighted by atomic mass is 79.9. The van der Waals surface area contributed by atoms with Crippen LogP contribution in [0, 0.1) is 0 Å². The van der Waals surface area contributed by atoms with Crippen LogP contribution in [0.4, 0.5) is 5.69 Å². The summed E-state index contributed by atoms with van der Waals surface area (Å²) in [5.74, 6) is 0.526. The minimum Gasteiger partial charge on any atom is -0.484 e. The van der Waals surface area contributed by atoms with Crippen LogP contribution in [0.15, 0.2) is 93.8 Å². The van der Waals surface area contributed by atoms with Gasteiger partial charge in [-0.25, -0.2) is 0 Å². The smallest absolute Gasteiger partial charge is 0.291 e. The van der Waals surface area contributed by atoms with E-state index in [0.29, 0.717) is 33.3 Å². The lowest BCUT2D eigenvalue weighted by Crippen LogP contribution is -2.14. The summed E-state index contributed by atoms with van der Waals surface area (Å²) in [6.07, 6.45) is 0. The summed E-state index contributed by atoms with van der Waals surface area (Å²) in [5, 5.41) is 3.14. The topological polar surface area (TPSA) is 68.5 Å². The fourth-order valence-electron chi connectivity index (χ4n) is 3.03. The highest BCUT2D eigenvalue weighted by molar-refractivity contribution is 9.10. The van der Waals surface area contributed by atoms with Gasteiger partial charge in [0, 0.05) is 16.1 Å². The van der Waals surface area contributed by atoms with Gasteiger partial charge >= 0.3 is 0 Å². The Morgan fingerprint density at radius 2 is 1.69 bits per heavy atom. The Bertz CT molecular complexity index is 1270. The molecular formula is C25H17BrClNO4. The van der Waals surface area contributed by atoms with Crippen LogP contribution >= 0.6 is 27.5 Å². The molecule has 4 rings (SSSR count). The summed E-state index contributed by atoms with van der Waals surface area (Å²) in [6, 6.07) is 24.2. The van der Waals surface area contributed by atoms with Crippen molar-refractivity contribution in [2.24, 2.45) is 0 Å². The monoisotopic (exact) mass is 509 g/mol. The van der Waals surface area contributed by atoms with E-state index < -0.39 is 5.91 Å². The van der Waals surface area contributed by atoms with Crippen LogP contribution in [-0.2, 0) is 6.61 Å². The fraction of sp³-hybridized carbons (Fsp3) is 0.0400. The average Bonchev–Trinajstić information content (AvgIpc) is 3.29. The van der Waals surface area contributed by atoms with Crippen molar-refractivity contribution in [2.45, 2.75) is 6.61 Å². The van der Waals surface area contributed by atoms with Crippen molar-refractivity contribution < 1.29 is 18.7 Å². The largest absolute Gasteiger partial charge is 0.484 e. The van der Waals surface area contributed by atoms with E-state index in [0.717, 1.165) is 4.47 Å². The van der Waals surface area contributed by atoms with Gasteiger partial charge < -0.3 is 14.5 Å². The standard InChI is InChI=1S/C25H17BrClNO4/c26-20-8-4-5-9-22(20)31-15-18-11-13-23(32-18)25(30)28-21-12-10-17(27)14-19(21)24(29)16-6-2-1-3-7-16/h1-14H,15H2,(H,28,30). The second-order valence-corrected chi connectivity index (χ2v) is 8.12. The van der Waals surface area contributed by atoms with Gasteiger partial charge in [0.15, 0.2) is 11.5 Å². The lowest BCUT2D eigenvalue weighted by molar-refractivity contribution is 0.0992. The molecule has 0 aliphatic rings. The van der Waals surface area contributed by atoms with Crippen LogP contribution in [-0.4, -0.2) is 11.7 Å². The Kier molecular flexibility index (Phi) is 6.73. The summed E-state index contributed by atoms with van der Waals surface area (Å²) in [6.45, 7) is 0.161. The second kappa shape index (κ2) is 9.85. The number of amides is 1. The number of nitrogens with one attached hydrogen (secondary N) is 1. The van der Waals surface area contributed by atoms with Crippen molar-refractivity contribution in [1.82, 2.24) is 0 Å². The summed E-state index contributed by atoms with van der Waals surface area (Å²) in [7, 11) is 0. The zero-order chi connectivity index (χ0) is 22.5. The molecule has 0 aliphatic heterocycles. The van der Waals surface area contributed by atoms with Crippen molar-refractivity contribution >= 4 is 44.9 Å². The maximum Gasteiger partial charge on any atom is 0.291 e. The molecule has 32 heavy (non-hydrogen) atoms. The number of hydrogen-bond acceptors (Lipinski definition) is 4. The van der Waals surface area contributed by atoms with Crippen molar-refractivity contribution in [3.63, 3.8) is 0 Å². The Morgan fingerprint density at radius 3 is 2.47 bits per heavy atom. The van der Waals surface area contributed by atoms with E-state index in [2.05, 4.69) is 21.2 Å². The lowest BCUT2D eigenvalue weighted by Gasteiger charge is -2.10. The van der Waals surface area contributed by atoms with Gasteiger partial charge in [0.05, 0.1) is 10.2 Å². The van der Waals surface area contributed by atoms with Gasteiger partial charge in [-0.3, -0.25) is 9.59 Å². The molecule has 0 spiro atoms. The molecule has 7 heteroatoms. The normalized spacial score (nSPS) is 10.6. The number of anilines is 1. The molecule has 0 bridgehead atoms. The lowest BCUT2D eigenvalue weighted by atomic mass is 10.0. The fourth-order valence-corrected chi connectivity index (χ4v) is 3.60. The van der Waals surface area contributed by atoms with Gasteiger partial charge in [-0.2, -0.15) is 0 Å². The Morgan fingerprint density at radius 1 is 0.938 bits per heavy atom. The summed E-state index contributed by atoms with van der Waals surface area (Å²) >= 11 is 9.52. The Balaban J connectivity index is 1.49. The van der Waals surface area contributed by atoms with Gasteiger partial charge in [0.1, 0.15) is 18.1 Å². The summed E-state index contributed by atoms with van der Waals surface area (Å²) in [5.41, 5.74) is 1.13. The number of hydrogen-bond donors (Lipinski definition) is 1. The van der Waals surface area contributed by atoms with E-state index in [-0.39, 0.29) is 18.2 Å². The molecule has 0 unspecified atom stereocenters. The van der Waals surface area contributed by atoms with Crippen molar-refractivity contribution in [3.8, 4) is 5.75 Å². The maximum absolute atomic E-state index is 12.9. The molecule has 3 aromatic carbocycles. The van der Waals surface area contributed by atoms with Crippen LogP contribution in [0.1, 0.15) is 32.2 Å². The van der Waals surface area contributed by atoms with Gasteiger partial charge in [0.25, 0.3) is 5.91 Å². The first kappa shape index (κ1) is 21.9. The van der Waals surface area contributed by atoms with E-state index in [1.54, 1.807) is 48.5 Å². The van der Waals surface area contributed by atoms with E-state index in [4.69, 9.17) is 20.8 Å². The average molecular weight is 511 g/mol. The molecule has 160 valence electrons. The molecule has 0 saturated carbocycles. The summed E-state index contributed by atoms with van der Waals surface area (Å²) in [4.78, 5) is 25.7. The molecular weight excluding hydrogens is 494 g/mol. The van der Waals surface area contributed by atoms with Gasteiger partial charge in [0.2, 0.25) is 0 Å². The van der Waals surface area contributed by atoms with E-state index in [1.165, 1.54) is 6.07 Å². The predicted molar refractivity (Wildman–Crippen MR) is 126 cm³/mol. The SMILES string of the molecule is O=C(Nc1ccc(Cl)cc1C(=O)c1ccccc1)c1ccc(COc2ccccc2Br)o1. The van der Waals surface area contributed by atoms with E-state index in [9.17, 15) is 9.59 Å². The highest BCUT2D eigenvalue weighted by Gasteiger charge is 2.18. The number of ether oxygens (including phenoxy) is 1. The number of carbonyl (C=O) groups excluding carboxylic acids is 2. The van der Waals surface area contributed by atoms with Crippen LogP contribution < -0.4 is 10.1 Å². The molecule has 0 fully saturated rings. The Hall–Kier alpha value is -3.35. The number of benzene rings is 3. The molecule has 0 radical (unpaired) electrons. The number of carbonyl (C=O) groups is 2. The van der Waals surface area contributed by atoms with E-state index in [1.807, 2.05) is 30.3 Å². The number of rotatable bonds is 7. The van der Waals surface area contributed by atoms with Crippen LogP contribution in [0.5, 0.6) is 5.75 Å². The zero-order valence-electron chi connectivity index (χ0n) is 16.7. The van der Waals surface area contributed by atoms with Crippen molar-refractivity contribution in [1.29, 1.82) is 0 Å². The second-order valence-electron chi connectivity index (χ2n) is 6.82. The maximum atomic E-state index is 12.9. The van der Waals surface area contributed by atoms with Crippen molar-refractivity contribution in [2.75, 3.05) is 5.32 Å². The highest BCUT2D eigenvalue weighted by Crippen LogP contribution is 2.26. The van der Waals surface area contributed by atoms with Gasteiger partial charge in [-0.05, 0) is 58.4 Å². The summed E-state index contributed by atoms with van der Waals surface area (Å²) < 4.78 is 12.2. The zero-order valence-corrected chi connectivity index (χ0v) is 19.0. The third-order valence-electron chi connectivity index (χ3n) is 4.60. The molecule has 0 saturated heterocycles. The minimum absolute atomic E-state index is 0.101. The molecule has 0 atom stereocenters. The molecule has 1 amide bonds. The number of para-hydroxylation sites is 1. The molecule has 4 aromatic rings. The first-order chi connectivity index (χ1) is 15.5. The number of furan rings is 1. The van der Waals surface area contributed by atoms with Crippen LogP contribution in [0.2, 0.25) is 5.02 Å². The van der Waals surface area contributed by atoms with Crippen LogP contribution in [0.25, 0.3) is 0 Å². The molecule has 1 aromatic heterocycles. The molecule has 1 heterocycles. The molecule has 1 N–H and O–H groups in total. The first-order valence-electron chi connectivity index (χ1n) is 9.68. The van der Waals surface area contributed by atoms with Gasteiger partial charge in [-0.15, -0.1) is 0 Å². The first-order valence-corrected chi connectivity index (χ1v) is 10.8. The minimum atomic E-state index is -0.485. The quantitative estimate of drug-likeness (QED) is 0.279. The molecule has 0 aliphatic carbocycles. The predicted octanol–water partition coefficient (Wildman–Crippen LogP) is 6.76. The van der Waals surface area contributed by atoms with Crippen molar-refractivity contribution in [3.05, 3.63) is 117 Å². The van der Waals surface area contributed by atoms with Gasteiger partial charge in [-0.1, -0.05) is 54.1 Å². The third-order valence-corrected chi connectivity index (χ3v) is 5.49. The van der Waals surface area contributed by atoms with Crippen LogP contribution in [0.3, 0.4) is 0 Å².